The SMILES string of the molecule is CCCCN1C(=O)C2(C(=C(O)c3ccc(OCC)cc3)C(=O)C(=O)N2CCN2CCOCC2)c2ccccc21. The maximum Gasteiger partial charge on any atom is 0.296 e. The number of hydrogen-bond donors (Lipinski definition) is 1. The third-order valence-corrected chi connectivity index (χ3v) is 7.73. The van der Waals surface area contributed by atoms with Crippen LogP contribution in [0.15, 0.2) is 54.1 Å². The van der Waals surface area contributed by atoms with E-state index in [2.05, 4.69) is 4.90 Å². The van der Waals surface area contributed by atoms with Gasteiger partial charge in [0.2, 0.25) is 0 Å². The van der Waals surface area contributed by atoms with Crippen molar-refractivity contribution in [3.63, 3.8) is 0 Å². The Labute approximate surface area is 228 Å². The van der Waals surface area contributed by atoms with Crippen LogP contribution >= 0.6 is 0 Å². The molecule has 3 aliphatic heterocycles. The highest BCUT2D eigenvalue weighted by Gasteiger charge is 2.67. The summed E-state index contributed by atoms with van der Waals surface area (Å²) in [6, 6.07) is 13.9. The Morgan fingerprint density at radius 2 is 1.69 bits per heavy atom. The minimum Gasteiger partial charge on any atom is -0.507 e. The van der Waals surface area contributed by atoms with Crippen LogP contribution in [0.25, 0.3) is 5.76 Å². The van der Waals surface area contributed by atoms with Crippen molar-refractivity contribution in [3.8, 4) is 5.75 Å². The zero-order valence-electron chi connectivity index (χ0n) is 22.5. The molecule has 1 atom stereocenters. The Balaban J connectivity index is 1.67. The van der Waals surface area contributed by atoms with Crippen molar-refractivity contribution >= 4 is 29.0 Å². The lowest BCUT2D eigenvalue weighted by atomic mass is 9.82. The fourth-order valence-corrected chi connectivity index (χ4v) is 5.79. The van der Waals surface area contributed by atoms with Gasteiger partial charge in [-0.3, -0.25) is 19.3 Å². The van der Waals surface area contributed by atoms with E-state index in [4.69, 9.17) is 9.47 Å². The summed E-state index contributed by atoms with van der Waals surface area (Å²) in [4.78, 5) is 47.2. The molecule has 0 aromatic heterocycles. The molecule has 0 radical (unpaired) electrons. The molecular weight excluding hydrogens is 498 g/mol. The second kappa shape index (κ2) is 11.2. The van der Waals surface area contributed by atoms with Crippen LogP contribution in [0.4, 0.5) is 5.69 Å². The summed E-state index contributed by atoms with van der Waals surface area (Å²) in [6.07, 6.45) is 1.63. The normalized spacial score (nSPS) is 22.7. The van der Waals surface area contributed by atoms with E-state index in [0.717, 1.165) is 12.8 Å². The summed E-state index contributed by atoms with van der Waals surface area (Å²) in [5, 5.41) is 11.6. The number of nitrogens with zero attached hydrogens (tertiary/aromatic N) is 3. The number of carbonyl (C=O) groups is 3. The van der Waals surface area contributed by atoms with Crippen molar-refractivity contribution in [1.82, 2.24) is 9.80 Å². The molecule has 0 aliphatic carbocycles. The molecule has 0 saturated carbocycles. The molecule has 2 aromatic carbocycles. The van der Waals surface area contributed by atoms with E-state index >= 15 is 0 Å². The molecular formula is C30H35N3O6. The molecule has 9 heteroatoms. The average molecular weight is 534 g/mol. The Morgan fingerprint density at radius 3 is 2.38 bits per heavy atom. The van der Waals surface area contributed by atoms with Crippen molar-refractivity contribution < 1.29 is 29.0 Å². The second-order valence-corrected chi connectivity index (χ2v) is 9.96. The fraction of sp³-hybridized carbons (Fsp3) is 0.433. The van der Waals surface area contributed by atoms with Gasteiger partial charge in [0, 0.05) is 43.9 Å². The maximum absolute atomic E-state index is 14.5. The second-order valence-electron chi connectivity index (χ2n) is 9.96. The largest absolute Gasteiger partial charge is 0.507 e. The number of benzene rings is 2. The van der Waals surface area contributed by atoms with Crippen molar-refractivity contribution in [3.05, 3.63) is 65.2 Å². The first-order valence-corrected chi connectivity index (χ1v) is 13.7. The number of hydrogen-bond acceptors (Lipinski definition) is 7. The summed E-state index contributed by atoms with van der Waals surface area (Å²) in [5.74, 6) is -1.78. The van der Waals surface area contributed by atoms with Crippen molar-refractivity contribution in [1.29, 1.82) is 0 Å². The van der Waals surface area contributed by atoms with E-state index < -0.39 is 17.2 Å². The van der Waals surface area contributed by atoms with Crippen LogP contribution in [-0.2, 0) is 24.7 Å². The number of amides is 2. The van der Waals surface area contributed by atoms with Gasteiger partial charge in [0.25, 0.3) is 17.6 Å². The van der Waals surface area contributed by atoms with Crippen LogP contribution in [0.3, 0.4) is 0 Å². The smallest absolute Gasteiger partial charge is 0.296 e. The summed E-state index contributed by atoms with van der Waals surface area (Å²) in [7, 11) is 0. The first kappa shape index (κ1) is 26.9. The monoisotopic (exact) mass is 533 g/mol. The van der Waals surface area contributed by atoms with Gasteiger partial charge in [-0.2, -0.15) is 0 Å². The standard InChI is InChI=1S/C30H35N3O6/c1-3-5-14-32-24-9-7-6-8-23(24)30(29(32)37)25(26(34)21-10-12-22(13-11-21)39-4-2)27(35)28(36)33(30)16-15-31-17-19-38-20-18-31/h6-13,34H,3-5,14-20H2,1-2H3. The molecule has 2 aromatic rings. The molecule has 1 N–H and O–H groups in total. The van der Waals surface area contributed by atoms with Gasteiger partial charge in [0.15, 0.2) is 5.54 Å². The third-order valence-electron chi connectivity index (χ3n) is 7.73. The molecule has 3 aliphatic rings. The fourth-order valence-electron chi connectivity index (χ4n) is 5.79. The number of Topliss-reactive ketones (excluding diaryl/α,β-unsaturated/α-hetero) is 1. The molecule has 0 bridgehead atoms. The third kappa shape index (κ3) is 4.49. The van der Waals surface area contributed by atoms with Gasteiger partial charge in [-0.05, 0) is 43.7 Å². The Morgan fingerprint density at radius 1 is 0.974 bits per heavy atom. The Hall–Kier alpha value is -3.69. The summed E-state index contributed by atoms with van der Waals surface area (Å²) in [5.41, 5.74) is -0.393. The zero-order valence-corrected chi connectivity index (χ0v) is 22.5. The molecule has 2 amide bonds. The average Bonchev–Trinajstić information content (AvgIpc) is 3.34. The van der Waals surface area contributed by atoms with E-state index in [1.165, 1.54) is 4.90 Å². The molecule has 39 heavy (non-hydrogen) atoms. The number of anilines is 1. The lowest BCUT2D eigenvalue weighted by Gasteiger charge is -2.36. The molecule has 1 spiro atoms. The van der Waals surface area contributed by atoms with Gasteiger partial charge in [0.05, 0.1) is 31.1 Å². The van der Waals surface area contributed by atoms with Crippen molar-refractivity contribution in [2.45, 2.75) is 32.2 Å². The number of para-hydroxylation sites is 1. The molecule has 3 heterocycles. The number of morpholine rings is 1. The van der Waals surface area contributed by atoms with Gasteiger partial charge >= 0.3 is 0 Å². The van der Waals surface area contributed by atoms with Gasteiger partial charge in [-0.1, -0.05) is 31.5 Å². The van der Waals surface area contributed by atoms with Crippen LogP contribution in [-0.4, -0.2) is 85.0 Å². The lowest BCUT2D eigenvalue weighted by Crippen LogP contribution is -2.54. The van der Waals surface area contributed by atoms with Gasteiger partial charge < -0.3 is 24.4 Å². The quantitative estimate of drug-likeness (QED) is 0.300. The lowest BCUT2D eigenvalue weighted by molar-refractivity contribution is -0.144. The zero-order chi connectivity index (χ0) is 27.6. The number of ether oxygens (including phenoxy) is 2. The van der Waals surface area contributed by atoms with Crippen molar-refractivity contribution in [2.75, 3.05) is 57.4 Å². The van der Waals surface area contributed by atoms with E-state index in [9.17, 15) is 19.5 Å². The highest BCUT2D eigenvalue weighted by Crippen LogP contribution is 2.53. The molecule has 5 rings (SSSR count). The number of unbranched alkanes of at least 4 members (excludes halogenated alkanes) is 1. The maximum atomic E-state index is 14.5. The molecule has 9 nitrogen and oxygen atoms in total. The number of rotatable bonds is 9. The number of likely N-dealkylation sites (tertiary alicyclic amines) is 1. The van der Waals surface area contributed by atoms with Crippen LogP contribution in [0.5, 0.6) is 5.75 Å². The topological polar surface area (TPSA) is 99.6 Å². The predicted molar refractivity (Wildman–Crippen MR) is 147 cm³/mol. The highest BCUT2D eigenvalue weighted by molar-refractivity contribution is 6.50. The van der Waals surface area contributed by atoms with E-state index in [1.807, 2.05) is 26.0 Å². The number of ketones is 1. The van der Waals surface area contributed by atoms with Crippen LogP contribution in [0, 0.1) is 0 Å². The van der Waals surface area contributed by atoms with E-state index in [0.29, 0.717) is 68.6 Å². The summed E-state index contributed by atoms with van der Waals surface area (Å²) >= 11 is 0. The number of aliphatic hydroxyl groups excluding tert-OH is 1. The van der Waals surface area contributed by atoms with Gasteiger partial charge in [-0.15, -0.1) is 0 Å². The van der Waals surface area contributed by atoms with Crippen molar-refractivity contribution in [2.24, 2.45) is 0 Å². The van der Waals surface area contributed by atoms with Crippen LogP contribution < -0.4 is 9.64 Å². The Kier molecular flexibility index (Phi) is 7.72. The minimum atomic E-state index is -1.74. The number of aliphatic hydroxyl groups is 1. The van der Waals surface area contributed by atoms with Gasteiger partial charge in [-0.25, -0.2) is 0 Å². The van der Waals surface area contributed by atoms with Gasteiger partial charge in [0.1, 0.15) is 11.5 Å². The molecule has 2 fully saturated rings. The summed E-state index contributed by atoms with van der Waals surface area (Å²) < 4.78 is 11.0. The number of carbonyl (C=O) groups excluding carboxylic acids is 3. The predicted octanol–water partition coefficient (Wildman–Crippen LogP) is 3.14. The molecule has 2 saturated heterocycles. The number of fused-ring (bicyclic) bond motifs is 2. The van der Waals surface area contributed by atoms with E-state index in [1.54, 1.807) is 41.3 Å². The molecule has 206 valence electrons. The Bertz CT molecular complexity index is 1280. The van der Waals surface area contributed by atoms with Crippen LogP contribution in [0.2, 0.25) is 0 Å². The minimum absolute atomic E-state index is 0.159. The first-order valence-electron chi connectivity index (χ1n) is 13.7. The highest BCUT2D eigenvalue weighted by atomic mass is 16.5. The molecule has 1 unspecified atom stereocenters. The first-order chi connectivity index (χ1) is 18.9. The van der Waals surface area contributed by atoms with Crippen LogP contribution in [0.1, 0.15) is 37.8 Å². The summed E-state index contributed by atoms with van der Waals surface area (Å²) in [6.45, 7) is 8.08. The van der Waals surface area contributed by atoms with E-state index in [-0.39, 0.29) is 23.8 Å².